The summed E-state index contributed by atoms with van der Waals surface area (Å²) < 4.78 is 23.2. The molecule has 0 spiro atoms. The molecule has 4 heteroatoms. The van der Waals surface area contributed by atoms with Crippen molar-refractivity contribution in [2.24, 2.45) is 0 Å². The van der Waals surface area contributed by atoms with Crippen LogP contribution < -0.4 is 5.73 Å². The highest BCUT2D eigenvalue weighted by Crippen LogP contribution is 2.32. The molecule has 0 fully saturated rings. The maximum absolute atomic E-state index is 11.6. The largest absolute Gasteiger partial charge is 0.399 e. The van der Waals surface area contributed by atoms with Crippen LogP contribution in [0.15, 0.2) is 77.7 Å². The van der Waals surface area contributed by atoms with Gasteiger partial charge < -0.3 is 5.73 Å². The first kappa shape index (κ1) is 15.3. The third-order valence-corrected chi connectivity index (χ3v) is 4.87. The van der Waals surface area contributed by atoms with Crippen LogP contribution in [0.5, 0.6) is 0 Å². The first-order valence-electron chi connectivity index (χ1n) is 7.20. The smallest absolute Gasteiger partial charge is 0.175 e. The quantitative estimate of drug-likeness (QED) is 0.741. The van der Waals surface area contributed by atoms with Crippen LogP contribution in [0.25, 0.3) is 22.3 Å². The fourth-order valence-electron chi connectivity index (χ4n) is 2.53. The Morgan fingerprint density at radius 1 is 0.696 bits per heavy atom. The summed E-state index contributed by atoms with van der Waals surface area (Å²) in [4.78, 5) is 0.325. The van der Waals surface area contributed by atoms with E-state index in [1.165, 1.54) is 6.26 Å². The summed E-state index contributed by atoms with van der Waals surface area (Å²) in [6, 6.07) is 22.7. The van der Waals surface area contributed by atoms with E-state index in [1.807, 2.05) is 60.7 Å². The lowest BCUT2D eigenvalue weighted by Crippen LogP contribution is -1.96. The summed E-state index contributed by atoms with van der Waals surface area (Å²) in [7, 11) is -3.18. The zero-order valence-electron chi connectivity index (χ0n) is 12.7. The number of hydrogen-bond donors (Lipinski definition) is 1. The molecule has 0 aromatic heterocycles. The van der Waals surface area contributed by atoms with Crippen molar-refractivity contribution in [3.05, 3.63) is 72.8 Å². The molecule has 0 heterocycles. The Balaban J connectivity index is 2.09. The molecule has 0 aliphatic carbocycles. The fraction of sp³-hybridized carbons (Fsp3) is 0.0526. The van der Waals surface area contributed by atoms with E-state index in [0.29, 0.717) is 4.90 Å². The molecule has 0 saturated carbocycles. The van der Waals surface area contributed by atoms with Gasteiger partial charge in [-0.1, -0.05) is 48.5 Å². The molecule has 0 aliphatic heterocycles. The Hall–Kier alpha value is -2.59. The van der Waals surface area contributed by atoms with Crippen molar-refractivity contribution in [1.82, 2.24) is 0 Å². The molecule has 23 heavy (non-hydrogen) atoms. The van der Waals surface area contributed by atoms with E-state index in [4.69, 9.17) is 5.73 Å². The zero-order valence-corrected chi connectivity index (χ0v) is 13.5. The number of rotatable bonds is 3. The fourth-order valence-corrected chi connectivity index (χ4v) is 3.16. The van der Waals surface area contributed by atoms with Crippen LogP contribution in [0, 0.1) is 0 Å². The van der Waals surface area contributed by atoms with Gasteiger partial charge in [-0.15, -0.1) is 0 Å². The van der Waals surface area contributed by atoms with Crippen LogP contribution in [-0.4, -0.2) is 14.7 Å². The topological polar surface area (TPSA) is 60.2 Å². The van der Waals surface area contributed by atoms with Crippen molar-refractivity contribution in [1.29, 1.82) is 0 Å². The summed E-state index contributed by atoms with van der Waals surface area (Å²) in [5, 5.41) is 0. The average Bonchev–Trinajstić information content (AvgIpc) is 2.55. The second kappa shape index (κ2) is 5.89. The summed E-state index contributed by atoms with van der Waals surface area (Å²) in [5.74, 6) is 0. The standard InChI is InChI=1S/C19H17NO2S/c1-23(21,22)17-12-8-15(9-13-17)19-5-3-2-4-18(19)14-6-10-16(20)11-7-14/h2-13H,20H2,1H3. The third-order valence-electron chi connectivity index (χ3n) is 3.74. The van der Waals surface area contributed by atoms with Crippen molar-refractivity contribution in [2.45, 2.75) is 4.90 Å². The molecule has 0 amide bonds. The Bertz CT molecular complexity index is 928. The first-order valence-corrected chi connectivity index (χ1v) is 9.10. The molecule has 0 saturated heterocycles. The van der Waals surface area contributed by atoms with Crippen LogP contribution in [-0.2, 0) is 9.84 Å². The first-order chi connectivity index (χ1) is 10.9. The minimum atomic E-state index is -3.18. The maximum atomic E-state index is 11.6. The number of anilines is 1. The third kappa shape index (κ3) is 3.27. The molecule has 3 nitrogen and oxygen atoms in total. The van der Waals surface area contributed by atoms with Crippen LogP contribution in [0.4, 0.5) is 5.69 Å². The lowest BCUT2D eigenvalue weighted by Gasteiger charge is -2.11. The highest BCUT2D eigenvalue weighted by atomic mass is 32.2. The highest BCUT2D eigenvalue weighted by molar-refractivity contribution is 7.90. The van der Waals surface area contributed by atoms with Gasteiger partial charge in [0, 0.05) is 11.9 Å². The number of sulfone groups is 1. The van der Waals surface area contributed by atoms with Crippen molar-refractivity contribution in [2.75, 3.05) is 12.0 Å². The minimum Gasteiger partial charge on any atom is -0.399 e. The molecule has 0 atom stereocenters. The molecule has 0 bridgehead atoms. The van der Waals surface area contributed by atoms with Gasteiger partial charge in [-0.05, 0) is 46.5 Å². The molecule has 2 N–H and O–H groups in total. The van der Waals surface area contributed by atoms with Crippen molar-refractivity contribution < 1.29 is 8.42 Å². The molecule has 3 rings (SSSR count). The Kier molecular flexibility index (Phi) is 3.92. The predicted octanol–water partition coefficient (Wildman–Crippen LogP) is 4.01. The normalized spacial score (nSPS) is 11.3. The van der Waals surface area contributed by atoms with Gasteiger partial charge in [-0.3, -0.25) is 0 Å². The monoisotopic (exact) mass is 323 g/mol. The van der Waals surface area contributed by atoms with E-state index >= 15 is 0 Å². The van der Waals surface area contributed by atoms with Gasteiger partial charge in [-0.2, -0.15) is 0 Å². The number of nitrogen functional groups attached to an aromatic ring is 1. The van der Waals surface area contributed by atoms with Crippen LogP contribution in [0.3, 0.4) is 0 Å². The van der Waals surface area contributed by atoms with E-state index in [2.05, 4.69) is 0 Å². The summed E-state index contributed by atoms with van der Waals surface area (Å²) in [5.41, 5.74) is 10.7. The second-order valence-corrected chi connectivity index (χ2v) is 7.48. The molecule has 0 unspecified atom stereocenters. The van der Waals surface area contributed by atoms with E-state index in [9.17, 15) is 8.42 Å². The molecular weight excluding hydrogens is 306 g/mol. The van der Waals surface area contributed by atoms with Crippen LogP contribution >= 0.6 is 0 Å². The van der Waals surface area contributed by atoms with Gasteiger partial charge >= 0.3 is 0 Å². The molecule has 3 aromatic rings. The van der Waals surface area contributed by atoms with Gasteiger partial charge in [0.15, 0.2) is 9.84 Å². The molecule has 0 aliphatic rings. The molecule has 0 radical (unpaired) electrons. The number of hydrogen-bond acceptors (Lipinski definition) is 3. The van der Waals surface area contributed by atoms with Gasteiger partial charge in [0.05, 0.1) is 4.90 Å². The Morgan fingerprint density at radius 3 is 1.57 bits per heavy atom. The highest BCUT2D eigenvalue weighted by Gasteiger charge is 2.10. The van der Waals surface area contributed by atoms with Gasteiger partial charge in [0.2, 0.25) is 0 Å². The van der Waals surface area contributed by atoms with Crippen molar-refractivity contribution in [3.63, 3.8) is 0 Å². The Labute approximate surface area is 136 Å². The van der Waals surface area contributed by atoms with Gasteiger partial charge in [0.25, 0.3) is 0 Å². The van der Waals surface area contributed by atoms with E-state index in [1.54, 1.807) is 12.1 Å². The molecule has 3 aromatic carbocycles. The van der Waals surface area contributed by atoms with Gasteiger partial charge in [-0.25, -0.2) is 8.42 Å². The van der Waals surface area contributed by atoms with Crippen LogP contribution in [0.1, 0.15) is 0 Å². The van der Waals surface area contributed by atoms with Crippen molar-refractivity contribution in [3.8, 4) is 22.3 Å². The van der Waals surface area contributed by atoms with Crippen molar-refractivity contribution >= 4 is 15.5 Å². The predicted molar refractivity (Wildman–Crippen MR) is 94.8 cm³/mol. The SMILES string of the molecule is CS(=O)(=O)c1ccc(-c2ccccc2-c2ccc(N)cc2)cc1. The van der Waals surface area contributed by atoms with Crippen LogP contribution in [0.2, 0.25) is 0 Å². The summed E-state index contributed by atoms with van der Waals surface area (Å²) >= 11 is 0. The van der Waals surface area contributed by atoms with E-state index < -0.39 is 9.84 Å². The summed E-state index contributed by atoms with van der Waals surface area (Å²) in [6.07, 6.45) is 1.21. The Morgan fingerprint density at radius 2 is 1.13 bits per heavy atom. The zero-order chi connectivity index (χ0) is 16.4. The minimum absolute atomic E-state index is 0.325. The lowest BCUT2D eigenvalue weighted by atomic mass is 9.94. The second-order valence-electron chi connectivity index (χ2n) is 5.46. The number of benzene rings is 3. The van der Waals surface area contributed by atoms with E-state index in [0.717, 1.165) is 27.9 Å². The van der Waals surface area contributed by atoms with E-state index in [-0.39, 0.29) is 0 Å². The average molecular weight is 323 g/mol. The maximum Gasteiger partial charge on any atom is 0.175 e. The summed E-state index contributed by atoms with van der Waals surface area (Å²) in [6.45, 7) is 0. The number of nitrogens with two attached hydrogens (primary N) is 1. The lowest BCUT2D eigenvalue weighted by molar-refractivity contribution is 0.602. The molecule has 116 valence electrons. The molecular formula is C19H17NO2S. The van der Waals surface area contributed by atoms with Gasteiger partial charge in [0.1, 0.15) is 0 Å².